The van der Waals surface area contributed by atoms with Gasteiger partial charge in [-0.2, -0.15) is 12.6 Å². The Labute approximate surface area is 194 Å². The second-order valence-electron chi connectivity index (χ2n) is 7.19. The van der Waals surface area contributed by atoms with Crippen LogP contribution in [0, 0.1) is 0 Å². The minimum atomic E-state index is -1.59. The molecule has 1 rings (SSSR count). The Morgan fingerprint density at radius 1 is 1.09 bits per heavy atom. The standard InChI is InChI=1S/C18H28N6O8S/c1-8(25)14(17(30)22-11(18(31)32)2-3-13(26)27)24-16(29)12(4-9-5-20-7-21-9)23-15(28)10(19)6-33/h5,7-8,10-12,14,25,33H,2-4,6,19H2,1H3,(H,20,21)(H,22,30)(H,23,28)(H,24,29)(H,26,27)(H,31,32). The number of nitrogens with zero attached hydrogens (tertiary/aromatic N) is 1. The van der Waals surface area contributed by atoms with E-state index in [0.717, 1.165) is 0 Å². The number of carboxylic acids is 2. The Bertz CT molecular complexity index is 834. The maximum Gasteiger partial charge on any atom is 0.326 e. The number of aromatic amines is 1. The number of thiol groups is 1. The number of aliphatic hydroxyl groups is 1. The number of hydrogen-bond acceptors (Lipinski definition) is 9. The summed E-state index contributed by atoms with van der Waals surface area (Å²) in [6.07, 6.45) is 0.348. The van der Waals surface area contributed by atoms with E-state index in [1.165, 1.54) is 19.4 Å². The highest BCUT2D eigenvalue weighted by molar-refractivity contribution is 7.80. The minimum Gasteiger partial charge on any atom is -0.481 e. The molecule has 0 saturated heterocycles. The van der Waals surface area contributed by atoms with Gasteiger partial charge in [-0.1, -0.05) is 0 Å². The van der Waals surface area contributed by atoms with Gasteiger partial charge in [0.1, 0.15) is 18.1 Å². The van der Waals surface area contributed by atoms with Gasteiger partial charge in [-0.25, -0.2) is 9.78 Å². The number of hydrogen-bond donors (Lipinski definition) is 9. The number of imidazole rings is 1. The van der Waals surface area contributed by atoms with Gasteiger partial charge in [0, 0.05) is 30.5 Å². The van der Waals surface area contributed by atoms with Crippen LogP contribution in [-0.2, 0) is 30.4 Å². The first-order chi connectivity index (χ1) is 15.5. The average Bonchev–Trinajstić information content (AvgIpc) is 3.25. The van der Waals surface area contributed by atoms with Gasteiger partial charge in [0.05, 0.1) is 18.5 Å². The number of H-pyrrole nitrogens is 1. The molecule has 0 aliphatic heterocycles. The van der Waals surface area contributed by atoms with Crippen LogP contribution in [0.4, 0.5) is 0 Å². The van der Waals surface area contributed by atoms with Gasteiger partial charge < -0.3 is 42.0 Å². The van der Waals surface area contributed by atoms with E-state index in [1.54, 1.807) is 0 Å². The largest absolute Gasteiger partial charge is 0.481 e. The van der Waals surface area contributed by atoms with Crippen molar-refractivity contribution in [2.45, 2.75) is 56.5 Å². The highest BCUT2D eigenvalue weighted by atomic mass is 32.1. The van der Waals surface area contributed by atoms with Crippen molar-refractivity contribution in [3.05, 3.63) is 18.2 Å². The molecule has 0 fully saturated rings. The first-order valence-corrected chi connectivity index (χ1v) is 10.5. The second kappa shape index (κ2) is 13.4. The molecule has 0 radical (unpaired) electrons. The van der Waals surface area contributed by atoms with Crippen molar-refractivity contribution in [2.75, 3.05) is 5.75 Å². The zero-order valence-corrected chi connectivity index (χ0v) is 18.6. The summed E-state index contributed by atoms with van der Waals surface area (Å²) in [6, 6.07) is -5.38. The van der Waals surface area contributed by atoms with Gasteiger partial charge >= 0.3 is 11.9 Å². The molecule has 15 heteroatoms. The average molecular weight is 489 g/mol. The number of amides is 3. The van der Waals surface area contributed by atoms with Crippen LogP contribution in [0.5, 0.6) is 0 Å². The lowest BCUT2D eigenvalue weighted by atomic mass is 10.1. The summed E-state index contributed by atoms with van der Waals surface area (Å²) in [6.45, 7) is 1.19. The molecule has 0 aliphatic rings. The van der Waals surface area contributed by atoms with Crippen molar-refractivity contribution in [3.63, 3.8) is 0 Å². The van der Waals surface area contributed by atoms with Gasteiger partial charge in [0.15, 0.2) is 0 Å². The van der Waals surface area contributed by atoms with Gasteiger partial charge in [0.25, 0.3) is 0 Å². The Kier molecular flexibility index (Phi) is 11.3. The zero-order valence-electron chi connectivity index (χ0n) is 17.7. The van der Waals surface area contributed by atoms with Crippen molar-refractivity contribution in [1.82, 2.24) is 25.9 Å². The predicted octanol–water partition coefficient (Wildman–Crippen LogP) is -3.01. The molecule has 14 nitrogen and oxygen atoms in total. The number of carbonyl (C=O) groups is 5. The van der Waals surface area contributed by atoms with E-state index in [9.17, 15) is 34.2 Å². The lowest BCUT2D eigenvalue weighted by Gasteiger charge is -2.26. The van der Waals surface area contributed by atoms with Crippen LogP contribution in [0.1, 0.15) is 25.5 Å². The fourth-order valence-corrected chi connectivity index (χ4v) is 2.80. The van der Waals surface area contributed by atoms with Gasteiger partial charge in [-0.15, -0.1) is 0 Å². The zero-order chi connectivity index (χ0) is 25.1. The molecule has 33 heavy (non-hydrogen) atoms. The van der Waals surface area contributed by atoms with Crippen molar-refractivity contribution in [3.8, 4) is 0 Å². The third-order valence-electron chi connectivity index (χ3n) is 4.47. The van der Waals surface area contributed by atoms with Gasteiger partial charge in [-0.05, 0) is 13.3 Å². The van der Waals surface area contributed by atoms with Crippen LogP contribution in [-0.4, -0.2) is 91.0 Å². The highest BCUT2D eigenvalue weighted by Gasteiger charge is 2.33. The second-order valence-corrected chi connectivity index (χ2v) is 7.56. The van der Waals surface area contributed by atoms with Crippen LogP contribution in [0.3, 0.4) is 0 Å². The molecule has 1 heterocycles. The number of rotatable bonds is 14. The van der Waals surface area contributed by atoms with E-state index in [4.69, 9.17) is 10.8 Å². The maximum atomic E-state index is 12.9. The van der Waals surface area contributed by atoms with Crippen molar-refractivity contribution in [2.24, 2.45) is 5.73 Å². The Hall–Kier alpha value is -3.17. The van der Waals surface area contributed by atoms with Gasteiger partial charge in [0.2, 0.25) is 17.7 Å². The molecule has 5 unspecified atom stereocenters. The summed E-state index contributed by atoms with van der Waals surface area (Å²) < 4.78 is 0. The van der Waals surface area contributed by atoms with Crippen LogP contribution in [0.15, 0.2) is 12.5 Å². The van der Waals surface area contributed by atoms with E-state index in [1.807, 2.05) is 0 Å². The van der Waals surface area contributed by atoms with E-state index in [2.05, 4.69) is 38.5 Å². The molecular weight excluding hydrogens is 460 g/mol. The van der Waals surface area contributed by atoms with Crippen LogP contribution < -0.4 is 21.7 Å². The number of aromatic nitrogens is 2. The monoisotopic (exact) mass is 488 g/mol. The molecule has 1 aromatic heterocycles. The van der Waals surface area contributed by atoms with Crippen LogP contribution in [0.25, 0.3) is 0 Å². The van der Waals surface area contributed by atoms with Crippen molar-refractivity contribution < 1.29 is 39.3 Å². The number of carbonyl (C=O) groups excluding carboxylic acids is 3. The molecule has 3 amide bonds. The third kappa shape index (κ3) is 9.46. The van der Waals surface area contributed by atoms with Crippen molar-refractivity contribution in [1.29, 1.82) is 0 Å². The molecule has 5 atom stereocenters. The number of aliphatic carboxylic acids is 2. The number of nitrogens with one attached hydrogen (secondary N) is 4. The van der Waals surface area contributed by atoms with Gasteiger partial charge in [-0.3, -0.25) is 19.2 Å². The minimum absolute atomic E-state index is 0.00978. The summed E-state index contributed by atoms with van der Waals surface area (Å²) in [7, 11) is 0. The van der Waals surface area contributed by atoms with Crippen molar-refractivity contribution >= 4 is 42.3 Å². The van der Waals surface area contributed by atoms with E-state index in [-0.39, 0.29) is 12.2 Å². The molecule has 0 bridgehead atoms. The SMILES string of the molecule is CC(O)C(NC(=O)C(Cc1cnc[nH]1)NC(=O)C(N)CS)C(=O)NC(CCC(=O)O)C(=O)O. The molecule has 0 spiro atoms. The van der Waals surface area contributed by atoms with E-state index >= 15 is 0 Å². The number of carboxylic acid groups (broad SMARTS) is 2. The molecular formula is C18H28N6O8S. The summed E-state index contributed by atoms with van der Waals surface area (Å²) >= 11 is 3.93. The highest BCUT2D eigenvalue weighted by Crippen LogP contribution is 2.04. The molecule has 0 aromatic carbocycles. The fraction of sp³-hybridized carbons (Fsp3) is 0.556. The quantitative estimate of drug-likeness (QED) is 0.120. The summed E-state index contributed by atoms with van der Waals surface area (Å²) in [5.41, 5.74) is 6.11. The lowest BCUT2D eigenvalue weighted by Crippen LogP contribution is -2.60. The topological polar surface area (TPSA) is 237 Å². The Morgan fingerprint density at radius 2 is 1.73 bits per heavy atom. The molecule has 184 valence electrons. The number of nitrogens with two attached hydrogens (primary N) is 1. The van der Waals surface area contributed by atoms with E-state index in [0.29, 0.717) is 5.69 Å². The van der Waals surface area contributed by atoms with E-state index < -0.39 is 72.8 Å². The molecule has 0 aliphatic carbocycles. The first kappa shape index (κ1) is 27.9. The number of aliphatic hydroxyl groups excluding tert-OH is 1. The fourth-order valence-electron chi connectivity index (χ4n) is 2.63. The van der Waals surface area contributed by atoms with Crippen LogP contribution >= 0.6 is 12.6 Å². The maximum absolute atomic E-state index is 12.9. The lowest BCUT2D eigenvalue weighted by molar-refractivity contribution is -0.144. The normalized spacial score (nSPS) is 15.4. The third-order valence-corrected chi connectivity index (χ3v) is 4.86. The van der Waals surface area contributed by atoms with Crippen LogP contribution in [0.2, 0.25) is 0 Å². The molecule has 9 N–H and O–H groups in total. The Morgan fingerprint density at radius 3 is 2.21 bits per heavy atom. The Balaban J connectivity index is 2.98. The smallest absolute Gasteiger partial charge is 0.326 e. The predicted molar refractivity (Wildman–Crippen MR) is 116 cm³/mol. The molecule has 1 aromatic rings. The first-order valence-electron chi connectivity index (χ1n) is 9.83. The molecule has 0 saturated carbocycles. The summed E-state index contributed by atoms with van der Waals surface area (Å²) in [5.74, 6) is -5.31. The summed E-state index contributed by atoms with van der Waals surface area (Å²) in [5, 5.41) is 34.8. The summed E-state index contributed by atoms with van der Waals surface area (Å²) in [4.78, 5) is 66.2.